The lowest BCUT2D eigenvalue weighted by molar-refractivity contribution is 0.216. The molecule has 1 heterocycles. The molecule has 1 atom stereocenters. The van der Waals surface area contributed by atoms with Gasteiger partial charge in [0.15, 0.2) is 11.5 Å². The maximum atomic E-state index is 10.7. The van der Waals surface area contributed by atoms with Crippen molar-refractivity contribution < 1.29 is 14.9 Å². The molecule has 0 saturated heterocycles. The van der Waals surface area contributed by atoms with E-state index in [-0.39, 0.29) is 5.75 Å². The van der Waals surface area contributed by atoms with Gasteiger partial charge in [0.25, 0.3) is 0 Å². The maximum Gasteiger partial charge on any atom is 0.161 e. The molecule has 2 N–H and O–H groups in total. The molecule has 1 aromatic heterocycles. The molecule has 2 aromatic carbocycles. The summed E-state index contributed by atoms with van der Waals surface area (Å²) in [6.45, 7) is 0. The molecular formula is C17H14INO3. The highest BCUT2D eigenvalue weighted by molar-refractivity contribution is 14.1. The highest BCUT2D eigenvalue weighted by atomic mass is 127. The summed E-state index contributed by atoms with van der Waals surface area (Å²) in [4.78, 5) is 4.32. The third kappa shape index (κ3) is 2.62. The van der Waals surface area contributed by atoms with Crippen molar-refractivity contribution in [2.24, 2.45) is 0 Å². The Morgan fingerprint density at radius 1 is 1.18 bits per heavy atom. The first kappa shape index (κ1) is 15.1. The number of phenolic OH excluding ortho intramolecular Hbond substituents is 1. The number of pyridine rings is 1. The number of ether oxygens (including phenoxy) is 1. The fraction of sp³-hybridized carbons (Fsp3) is 0.118. The van der Waals surface area contributed by atoms with Crippen molar-refractivity contribution >= 4 is 33.4 Å². The fourth-order valence-electron chi connectivity index (χ4n) is 2.44. The second kappa shape index (κ2) is 6.10. The molecule has 22 heavy (non-hydrogen) atoms. The average Bonchev–Trinajstić information content (AvgIpc) is 2.53. The first-order chi connectivity index (χ1) is 10.6. The topological polar surface area (TPSA) is 62.6 Å². The molecule has 0 radical (unpaired) electrons. The molecule has 0 aliphatic heterocycles. The number of nitrogens with zero attached hydrogens (tertiary/aromatic N) is 1. The standard InChI is InChI=1S/C17H14INO3/c1-22-15-8-10-6-7-19-16(12(10)9-14(15)20)17(21)11-4-2-3-5-13(11)18/h2-9,17,20-21H,1H3. The average molecular weight is 407 g/mol. The number of benzene rings is 2. The van der Waals surface area contributed by atoms with Crippen LogP contribution in [0.1, 0.15) is 17.4 Å². The van der Waals surface area contributed by atoms with Gasteiger partial charge in [0.2, 0.25) is 0 Å². The number of methoxy groups -OCH3 is 1. The molecule has 0 aliphatic rings. The summed E-state index contributed by atoms with van der Waals surface area (Å²) in [6, 6.07) is 12.7. The summed E-state index contributed by atoms with van der Waals surface area (Å²) in [6.07, 6.45) is 0.789. The first-order valence-electron chi connectivity index (χ1n) is 6.70. The van der Waals surface area contributed by atoms with Crippen LogP contribution in [-0.2, 0) is 0 Å². The van der Waals surface area contributed by atoms with Crippen molar-refractivity contribution in [3.8, 4) is 11.5 Å². The van der Waals surface area contributed by atoms with E-state index in [4.69, 9.17) is 4.74 Å². The second-order valence-corrected chi connectivity index (χ2v) is 6.03. The minimum absolute atomic E-state index is 0.0270. The van der Waals surface area contributed by atoms with Gasteiger partial charge in [-0.25, -0.2) is 0 Å². The molecule has 0 spiro atoms. The zero-order valence-electron chi connectivity index (χ0n) is 11.8. The van der Waals surface area contributed by atoms with E-state index in [1.54, 1.807) is 18.3 Å². The quantitative estimate of drug-likeness (QED) is 0.651. The molecule has 3 aromatic rings. The lowest BCUT2D eigenvalue weighted by Crippen LogP contribution is -2.05. The lowest BCUT2D eigenvalue weighted by atomic mass is 10.0. The number of halogens is 1. The molecule has 3 rings (SSSR count). The Hall–Kier alpha value is -1.86. The smallest absolute Gasteiger partial charge is 0.161 e. The van der Waals surface area contributed by atoms with E-state index in [2.05, 4.69) is 27.6 Å². The summed E-state index contributed by atoms with van der Waals surface area (Å²) in [5.74, 6) is 0.424. The molecule has 0 bridgehead atoms. The Bertz CT molecular complexity index is 835. The number of aromatic hydroxyl groups is 1. The zero-order chi connectivity index (χ0) is 15.7. The number of fused-ring (bicyclic) bond motifs is 1. The van der Waals surface area contributed by atoms with E-state index in [0.29, 0.717) is 16.8 Å². The SMILES string of the molecule is COc1cc2ccnc(C(O)c3ccccc3I)c2cc1O. The summed E-state index contributed by atoms with van der Waals surface area (Å²) >= 11 is 2.19. The van der Waals surface area contributed by atoms with Crippen LogP contribution < -0.4 is 4.74 Å². The van der Waals surface area contributed by atoms with Gasteiger partial charge in [-0.05, 0) is 57.8 Å². The number of rotatable bonds is 3. The summed E-state index contributed by atoms with van der Waals surface area (Å²) in [7, 11) is 1.50. The van der Waals surface area contributed by atoms with E-state index in [1.807, 2.05) is 30.3 Å². The van der Waals surface area contributed by atoms with Gasteiger partial charge in [-0.3, -0.25) is 4.98 Å². The van der Waals surface area contributed by atoms with E-state index in [1.165, 1.54) is 7.11 Å². The number of aromatic nitrogens is 1. The van der Waals surface area contributed by atoms with Crippen LogP contribution in [0.25, 0.3) is 10.8 Å². The van der Waals surface area contributed by atoms with Crippen molar-refractivity contribution in [1.29, 1.82) is 0 Å². The molecule has 0 amide bonds. The van der Waals surface area contributed by atoms with Crippen LogP contribution in [0.4, 0.5) is 0 Å². The van der Waals surface area contributed by atoms with Crippen molar-refractivity contribution in [1.82, 2.24) is 4.98 Å². The number of phenols is 1. The third-order valence-electron chi connectivity index (χ3n) is 3.55. The lowest BCUT2D eigenvalue weighted by Gasteiger charge is -2.15. The Morgan fingerprint density at radius 2 is 1.95 bits per heavy atom. The van der Waals surface area contributed by atoms with Crippen LogP contribution >= 0.6 is 22.6 Å². The molecule has 112 valence electrons. The molecule has 0 saturated carbocycles. The minimum Gasteiger partial charge on any atom is -0.504 e. The Labute approximate surface area is 141 Å². The fourth-order valence-corrected chi connectivity index (χ4v) is 3.12. The Kier molecular flexibility index (Phi) is 4.17. The number of hydrogen-bond donors (Lipinski definition) is 2. The predicted octanol–water partition coefficient (Wildman–Crippen LogP) is 3.64. The largest absolute Gasteiger partial charge is 0.504 e. The highest BCUT2D eigenvalue weighted by Crippen LogP contribution is 2.35. The van der Waals surface area contributed by atoms with Crippen LogP contribution in [-0.4, -0.2) is 22.3 Å². The zero-order valence-corrected chi connectivity index (χ0v) is 14.0. The normalized spacial score (nSPS) is 12.3. The first-order valence-corrected chi connectivity index (χ1v) is 7.78. The highest BCUT2D eigenvalue weighted by Gasteiger charge is 2.18. The Morgan fingerprint density at radius 3 is 2.68 bits per heavy atom. The Balaban J connectivity index is 2.19. The van der Waals surface area contributed by atoms with Crippen LogP contribution in [0.3, 0.4) is 0 Å². The molecule has 5 heteroatoms. The van der Waals surface area contributed by atoms with Crippen LogP contribution in [0.5, 0.6) is 11.5 Å². The van der Waals surface area contributed by atoms with E-state index >= 15 is 0 Å². The number of aliphatic hydroxyl groups is 1. The van der Waals surface area contributed by atoms with Crippen molar-refractivity contribution in [3.05, 3.63) is 63.5 Å². The third-order valence-corrected chi connectivity index (χ3v) is 4.54. The van der Waals surface area contributed by atoms with Gasteiger partial charge in [-0.1, -0.05) is 18.2 Å². The van der Waals surface area contributed by atoms with Crippen molar-refractivity contribution in [3.63, 3.8) is 0 Å². The molecular weight excluding hydrogens is 393 g/mol. The van der Waals surface area contributed by atoms with E-state index < -0.39 is 6.10 Å². The number of aliphatic hydroxyl groups excluding tert-OH is 1. The monoisotopic (exact) mass is 407 g/mol. The van der Waals surface area contributed by atoms with Crippen molar-refractivity contribution in [2.75, 3.05) is 7.11 Å². The summed E-state index contributed by atoms with van der Waals surface area (Å²) in [5.41, 5.74) is 1.30. The second-order valence-electron chi connectivity index (χ2n) is 4.87. The van der Waals surface area contributed by atoms with Gasteiger partial charge in [0.1, 0.15) is 6.10 Å². The summed E-state index contributed by atoms with van der Waals surface area (Å²) < 4.78 is 6.09. The molecule has 0 aliphatic carbocycles. The van der Waals surface area contributed by atoms with Crippen LogP contribution in [0, 0.1) is 3.57 Å². The maximum absolute atomic E-state index is 10.7. The molecule has 4 nitrogen and oxygen atoms in total. The summed E-state index contributed by atoms with van der Waals surface area (Å²) in [5, 5.41) is 22.3. The van der Waals surface area contributed by atoms with Crippen LogP contribution in [0.2, 0.25) is 0 Å². The van der Waals surface area contributed by atoms with E-state index in [9.17, 15) is 10.2 Å². The van der Waals surface area contributed by atoms with Crippen molar-refractivity contribution in [2.45, 2.75) is 6.10 Å². The van der Waals surface area contributed by atoms with Gasteiger partial charge in [-0.2, -0.15) is 0 Å². The number of hydrogen-bond acceptors (Lipinski definition) is 4. The van der Waals surface area contributed by atoms with Gasteiger partial charge >= 0.3 is 0 Å². The van der Waals surface area contributed by atoms with Gasteiger partial charge < -0.3 is 14.9 Å². The van der Waals surface area contributed by atoms with Gasteiger partial charge in [0, 0.05) is 15.2 Å². The van der Waals surface area contributed by atoms with Gasteiger partial charge in [0.05, 0.1) is 12.8 Å². The van der Waals surface area contributed by atoms with Crippen LogP contribution in [0.15, 0.2) is 48.7 Å². The van der Waals surface area contributed by atoms with E-state index in [0.717, 1.165) is 14.5 Å². The minimum atomic E-state index is -0.857. The molecule has 0 fully saturated rings. The predicted molar refractivity (Wildman–Crippen MR) is 93.2 cm³/mol. The molecule has 1 unspecified atom stereocenters. The van der Waals surface area contributed by atoms with Gasteiger partial charge in [-0.15, -0.1) is 0 Å².